The van der Waals surface area contributed by atoms with Gasteiger partial charge in [-0.15, -0.1) is 11.3 Å². The minimum Gasteiger partial charge on any atom is -0.379 e. The van der Waals surface area contributed by atoms with Gasteiger partial charge in [0.15, 0.2) is 0 Å². The molecule has 2 aromatic rings. The van der Waals surface area contributed by atoms with Crippen LogP contribution >= 0.6 is 11.3 Å². The van der Waals surface area contributed by atoms with E-state index in [0.29, 0.717) is 12.2 Å². The molecule has 1 atom stereocenters. The van der Waals surface area contributed by atoms with E-state index in [2.05, 4.69) is 22.1 Å². The largest absolute Gasteiger partial charge is 0.379 e. The molecule has 1 aliphatic heterocycles. The molecular formula is C12H11FN2S. The number of fused-ring (bicyclic) bond motifs is 1. The van der Waals surface area contributed by atoms with Gasteiger partial charge in [0.05, 0.1) is 17.4 Å². The van der Waals surface area contributed by atoms with Gasteiger partial charge in [-0.2, -0.15) is 0 Å². The smallest absolute Gasteiger partial charge is 0.148 e. The van der Waals surface area contributed by atoms with Crippen LogP contribution in [0.2, 0.25) is 0 Å². The van der Waals surface area contributed by atoms with E-state index in [1.54, 1.807) is 17.4 Å². The number of rotatable bonds is 1. The van der Waals surface area contributed by atoms with Gasteiger partial charge in [0, 0.05) is 11.4 Å². The SMILES string of the molecule is Fc1cccc2c1NCC(c1cccs1)N2. The van der Waals surface area contributed by atoms with Crippen LogP contribution in [0, 0.1) is 5.82 Å². The normalized spacial score (nSPS) is 18.4. The molecule has 0 aliphatic carbocycles. The maximum absolute atomic E-state index is 13.4. The van der Waals surface area contributed by atoms with Crippen LogP contribution in [0.15, 0.2) is 35.7 Å². The highest BCUT2D eigenvalue weighted by atomic mass is 32.1. The lowest BCUT2D eigenvalue weighted by Gasteiger charge is -2.27. The Morgan fingerprint density at radius 1 is 1.25 bits per heavy atom. The summed E-state index contributed by atoms with van der Waals surface area (Å²) in [5.41, 5.74) is 1.42. The summed E-state index contributed by atoms with van der Waals surface area (Å²) in [6.07, 6.45) is 0. The highest BCUT2D eigenvalue weighted by Crippen LogP contribution is 2.34. The van der Waals surface area contributed by atoms with Gasteiger partial charge in [0.1, 0.15) is 5.82 Å². The third kappa shape index (κ3) is 1.55. The van der Waals surface area contributed by atoms with E-state index in [1.807, 2.05) is 12.1 Å². The average Bonchev–Trinajstić information content (AvgIpc) is 2.82. The van der Waals surface area contributed by atoms with Gasteiger partial charge >= 0.3 is 0 Å². The maximum Gasteiger partial charge on any atom is 0.148 e. The second kappa shape index (κ2) is 3.79. The van der Waals surface area contributed by atoms with Gasteiger partial charge in [0.2, 0.25) is 0 Å². The number of halogens is 1. The zero-order valence-corrected chi connectivity index (χ0v) is 9.35. The first-order valence-corrected chi connectivity index (χ1v) is 6.05. The highest BCUT2D eigenvalue weighted by Gasteiger charge is 2.21. The average molecular weight is 234 g/mol. The van der Waals surface area contributed by atoms with Crippen molar-refractivity contribution in [2.24, 2.45) is 0 Å². The van der Waals surface area contributed by atoms with Crippen LogP contribution in [-0.2, 0) is 0 Å². The van der Waals surface area contributed by atoms with E-state index in [4.69, 9.17) is 0 Å². The molecule has 1 aromatic heterocycles. The van der Waals surface area contributed by atoms with Crippen molar-refractivity contribution in [3.63, 3.8) is 0 Å². The molecule has 2 nitrogen and oxygen atoms in total. The second-order valence-corrected chi connectivity index (χ2v) is 4.73. The van der Waals surface area contributed by atoms with E-state index < -0.39 is 0 Å². The molecule has 2 heterocycles. The second-order valence-electron chi connectivity index (χ2n) is 3.76. The van der Waals surface area contributed by atoms with Gasteiger partial charge in [0.25, 0.3) is 0 Å². The Balaban J connectivity index is 1.92. The summed E-state index contributed by atoms with van der Waals surface area (Å²) in [7, 11) is 0. The van der Waals surface area contributed by atoms with E-state index in [9.17, 15) is 4.39 Å². The predicted molar refractivity (Wildman–Crippen MR) is 65.6 cm³/mol. The van der Waals surface area contributed by atoms with Crippen molar-refractivity contribution in [3.8, 4) is 0 Å². The monoisotopic (exact) mass is 234 g/mol. The van der Waals surface area contributed by atoms with E-state index in [-0.39, 0.29) is 11.9 Å². The summed E-state index contributed by atoms with van der Waals surface area (Å²) in [5.74, 6) is -0.199. The van der Waals surface area contributed by atoms with E-state index >= 15 is 0 Å². The Labute approximate surface area is 97.1 Å². The third-order valence-electron chi connectivity index (χ3n) is 2.71. The summed E-state index contributed by atoms with van der Waals surface area (Å²) < 4.78 is 13.4. The molecule has 3 rings (SSSR count). The molecule has 0 bridgehead atoms. The van der Waals surface area contributed by atoms with Crippen LogP contribution in [0.25, 0.3) is 0 Å². The van der Waals surface area contributed by atoms with Gasteiger partial charge < -0.3 is 10.6 Å². The summed E-state index contributed by atoms with van der Waals surface area (Å²) >= 11 is 1.71. The van der Waals surface area contributed by atoms with Gasteiger partial charge in [-0.3, -0.25) is 0 Å². The van der Waals surface area contributed by atoms with Crippen molar-refractivity contribution in [3.05, 3.63) is 46.4 Å². The van der Waals surface area contributed by atoms with Crippen molar-refractivity contribution in [2.45, 2.75) is 6.04 Å². The zero-order chi connectivity index (χ0) is 11.0. The lowest BCUT2D eigenvalue weighted by atomic mass is 10.1. The minimum atomic E-state index is -0.199. The summed E-state index contributed by atoms with van der Waals surface area (Å²) in [6.45, 7) is 0.717. The Bertz CT molecular complexity index is 496. The molecule has 1 aliphatic rings. The fourth-order valence-corrected chi connectivity index (χ4v) is 2.71. The first-order valence-electron chi connectivity index (χ1n) is 5.17. The number of nitrogens with one attached hydrogen (secondary N) is 2. The lowest BCUT2D eigenvalue weighted by Crippen LogP contribution is -2.25. The Hall–Kier alpha value is -1.55. The quantitative estimate of drug-likeness (QED) is 0.789. The molecule has 0 saturated carbocycles. The molecule has 4 heteroatoms. The molecule has 2 N–H and O–H groups in total. The fraction of sp³-hybridized carbons (Fsp3) is 0.167. The molecule has 1 aromatic carbocycles. The highest BCUT2D eigenvalue weighted by molar-refractivity contribution is 7.10. The summed E-state index contributed by atoms with van der Waals surface area (Å²) in [6, 6.07) is 9.44. The number of benzene rings is 1. The Kier molecular flexibility index (Phi) is 2.29. The number of thiophene rings is 1. The Morgan fingerprint density at radius 3 is 3.00 bits per heavy atom. The molecule has 0 spiro atoms. The van der Waals surface area contributed by atoms with Crippen molar-refractivity contribution in [2.75, 3.05) is 17.2 Å². The molecule has 0 amide bonds. The van der Waals surface area contributed by atoms with Crippen molar-refractivity contribution >= 4 is 22.7 Å². The number of para-hydroxylation sites is 1. The fourth-order valence-electron chi connectivity index (χ4n) is 1.93. The van der Waals surface area contributed by atoms with Crippen LogP contribution in [0.1, 0.15) is 10.9 Å². The molecule has 0 radical (unpaired) electrons. The van der Waals surface area contributed by atoms with Crippen molar-refractivity contribution in [1.82, 2.24) is 0 Å². The summed E-state index contributed by atoms with van der Waals surface area (Å²) in [5, 5.41) is 8.54. The van der Waals surface area contributed by atoms with E-state index in [0.717, 1.165) is 5.69 Å². The molecule has 0 fully saturated rings. The van der Waals surface area contributed by atoms with E-state index in [1.165, 1.54) is 10.9 Å². The van der Waals surface area contributed by atoms with Gasteiger partial charge in [-0.05, 0) is 23.6 Å². The summed E-state index contributed by atoms with van der Waals surface area (Å²) in [4.78, 5) is 1.27. The zero-order valence-electron chi connectivity index (χ0n) is 8.53. The van der Waals surface area contributed by atoms with Crippen molar-refractivity contribution < 1.29 is 4.39 Å². The lowest BCUT2D eigenvalue weighted by molar-refractivity contribution is 0.626. The van der Waals surface area contributed by atoms with Gasteiger partial charge in [-0.1, -0.05) is 12.1 Å². The molecule has 1 unspecified atom stereocenters. The molecule has 0 saturated heterocycles. The van der Waals surface area contributed by atoms with Gasteiger partial charge in [-0.25, -0.2) is 4.39 Å². The topological polar surface area (TPSA) is 24.1 Å². The minimum absolute atomic E-state index is 0.199. The maximum atomic E-state index is 13.4. The standard InChI is InChI=1S/C12H11FN2S/c13-8-3-1-4-9-12(8)14-7-10(15-9)11-5-2-6-16-11/h1-6,10,14-15H,7H2. The molecule has 82 valence electrons. The molecular weight excluding hydrogens is 223 g/mol. The first kappa shape index (κ1) is 9.66. The predicted octanol–water partition coefficient (Wildman–Crippen LogP) is 3.47. The Morgan fingerprint density at radius 2 is 2.19 bits per heavy atom. The van der Waals surface area contributed by atoms with Crippen LogP contribution in [0.3, 0.4) is 0 Å². The van der Waals surface area contributed by atoms with Crippen LogP contribution in [-0.4, -0.2) is 6.54 Å². The molecule has 16 heavy (non-hydrogen) atoms. The first-order chi connectivity index (χ1) is 7.84. The number of anilines is 2. The van der Waals surface area contributed by atoms with Crippen LogP contribution in [0.4, 0.5) is 15.8 Å². The number of hydrogen-bond donors (Lipinski definition) is 2. The third-order valence-corrected chi connectivity index (χ3v) is 3.70. The van der Waals surface area contributed by atoms with Crippen LogP contribution in [0.5, 0.6) is 0 Å². The van der Waals surface area contributed by atoms with Crippen molar-refractivity contribution in [1.29, 1.82) is 0 Å². The van der Waals surface area contributed by atoms with Crippen LogP contribution < -0.4 is 10.6 Å². The number of hydrogen-bond acceptors (Lipinski definition) is 3.